The zero-order valence-corrected chi connectivity index (χ0v) is 18.5. The second-order valence-electron chi connectivity index (χ2n) is 8.71. The van der Waals surface area contributed by atoms with E-state index in [4.69, 9.17) is 19.2 Å². The van der Waals surface area contributed by atoms with E-state index in [-0.39, 0.29) is 0 Å². The molecule has 0 aromatic carbocycles. The Balaban J connectivity index is 1.27. The molecule has 3 heterocycles. The lowest BCUT2D eigenvalue weighted by molar-refractivity contribution is -0.159. The molecule has 6 heteroatoms. The van der Waals surface area contributed by atoms with Crippen LogP contribution >= 0.6 is 0 Å². The average molecular weight is 432 g/mol. The molecule has 0 bridgehead atoms. The van der Waals surface area contributed by atoms with Gasteiger partial charge in [-0.05, 0) is 43.0 Å². The first kappa shape index (κ1) is 21.0. The predicted octanol–water partition coefficient (Wildman–Crippen LogP) is 4.96. The first-order valence-electron chi connectivity index (χ1n) is 11.3. The minimum absolute atomic E-state index is 0.407. The lowest BCUT2D eigenvalue weighted by Gasteiger charge is -2.30. The molecule has 1 spiro atoms. The summed E-state index contributed by atoms with van der Waals surface area (Å²) in [4.78, 5) is 13.8. The molecule has 3 aliphatic rings. The highest BCUT2D eigenvalue weighted by atomic mass is 16.7. The number of hydrogen-bond donors (Lipinski definition) is 0. The van der Waals surface area contributed by atoms with Crippen molar-refractivity contribution in [2.24, 2.45) is 5.92 Å². The molecule has 0 radical (unpaired) electrons. The molecule has 2 aromatic rings. The molecule has 6 nitrogen and oxygen atoms in total. The summed E-state index contributed by atoms with van der Waals surface area (Å²) in [5.74, 6) is 1.78. The molecule has 1 saturated carbocycles. The molecule has 2 fully saturated rings. The molecular formula is C26H29N3O3. The summed E-state index contributed by atoms with van der Waals surface area (Å²) in [5.41, 5.74) is 5.16. The van der Waals surface area contributed by atoms with Gasteiger partial charge in [-0.25, -0.2) is 4.98 Å². The SMILES string of the molecule is C=Cc1ccc([C@H]2C[C@@H]2COc2nc(C)ncc2C2=CCC3(CC2)OCCO3)nc1C=C. The average Bonchev–Trinajstić information content (AvgIpc) is 3.47. The molecule has 1 saturated heterocycles. The van der Waals surface area contributed by atoms with Gasteiger partial charge >= 0.3 is 0 Å². The van der Waals surface area contributed by atoms with Crippen LogP contribution in [0.5, 0.6) is 5.88 Å². The van der Waals surface area contributed by atoms with Gasteiger partial charge in [0.15, 0.2) is 5.79 Å². The number of nitrogens with zero attached hydrogens (tertiary/aromatic N) is 3. The van der Waals surface area contributed by atoms with Crippen LogP contribution < -0.4 is 4.74 Å². The molecule has 2 atom stereocenters. The first-order valence-corrected chi connectivity index (χ1v) is 11.3. The highest BCUT2D eigenvalue weighted by Gasteiger charge is 2.41. The Bertz CT molecular complexity index is 1070. The van der Waals surface area contributed by atoms with Gasteiger partial charge in [0.25, 0.3) is 0 Å². The van der Waals surface area contributed by atoms with Gasteiger partial charge in [-0.3, -0.25) is 4.98 Å². The van der Waals surface area contributed by atoms with E-state index in [0.717, 1.165) is 48.2 Å². The Hall–Kier alpha value is -2.83. The van der Waals surface area contributed by atoms with Crippen molar-refractivity contribution in [1.82, 2.24) is 15.0 Å². The maximum absolute atomic E-state index is 6.25. The van der Waals surface area contributed by atoms with Gasteiger partial charge in [-0.1, -0.05) is 31.4 Å². The van der Waals surface area contributed by atoms with Gasteiger partial charge in [0.1, 0.15) is 5.82 Å². The van der Waals surface area contributed by atoms with E-state index < -0.39 is 5.79 Å². The zero-order chi connectivity index (χ0) is 22.1. The third kappa shape index (κ3) is 4.12. The smallest absolute Gasteiger partial charge is 0.224 e. The lowest BCUT2D eigenvalue weighted by Crippen LogP contribution is -2.31. The lowest BCUT2D eigenvalue weighted by atomic mass is 9.90. The van der Waals surface area contributed by atoms with Crippen molar-refractivity contribution >= 4 is 17.7 Å². The maximum Gasteiger partial charge on any atom is 0.224 e. The van der Waals surface area contributed by atoms with E-state index in [0.29, 0.717) is 43.4 Å². The van der Waals surface area contributed by atoms with Crippen LogP contribution in [-0.4, -0.2) is 40.6 Å². The summed E-state index contributed by atoms with van der Waals surface area (Å²) in [5, 5.41) is 0. The van der Waals surface area contributed by atoms with Crippen molar-refractivity contribution in [2.75, 3.05) is 19.8 Å². The molecule has 32 heavy (non-hydrogen) atoms. The third-order valence-electron chi connectivity index (χ3n) is 6.60. The highest BCUT2D eigenvalue weighted by Crippen LogP contribution is 2.47. The number of rotatable bonds is 7. The molecule has 0 amide bonds. The predicted molar refractivity (Wildman–Crippen MR) is 124 cm³/mol. The molecule has 0 N–H and O–H groups in total. The van der Waals surface area contributed by atoms with Crippen LogP contribution in [0.2, 0.25) is 0 Å². The Kier molecular flexibility index (Phi) is 5.66. The van der Waals surface area contributed by atoms with Gasteiger partial charge < -0.3 is 14.2 Å². The van der Waals surface area contributed by atoms with Gasteiger partial charge in [-0.2, -0.15) is 4.98 Å². The van der Waals surface area contributed by atoms with Gasteiger partial charge in [0.2, 0.25) is 5.88 Å². The number of aromatic nitrogens is 3. The quantitative estimate of drug-likeness (QED) is 0.617. The van der Waals surface area contributed by atoms with E-state index in [9.17, 15) is 0 Å². The molecule has 2 aromatic heterocycles. The summed E-state index contributed by atoms with van der Waals surface area (Å²) in [6, 6.07) is 4.15. The molecule has 1 aliphatic heterocycles. The van der Waals surface area contributed by atoms with E-state index in [2.05, 4.69) is 41.3 Å². The van der Waals surface area contributed by atoms with Crippen molar-refractivity contribution in [3.8, 4) is 5.88 Å². The Morgan fingerprint density at radius 1 is 1.19 bits per heavy atom. The van der Waals surface area contributed by atoms with Crippen molar-refractivity contribution in [2.45, 2.75) is 44.3 Å². The molecule has 5 rings (SSSR count). The fourth-order valence-corrected chi connectivity index (χ4v) is 4.62. The monoisotopic (exact) mass is 431 g/mol. The van der Waals surface area contributed by atoms with Crippen LogP contribution in [0.4, 0.5) is 0 Å². The van der Waals surface area contributed by atoms with Crippen LogP contribution in [0.15, 0.2) is 37.6 Å². The van der Waals surface area contributed by atoms with Crippen molar-refractivity contribution in [1.29, 1.82) is 0 Å². The van der Waals surface area contributed by atoms with Crippen molar-refractivity contribution in [3.63, 3.8) is 0 Å². The van der Waals surface area contributed by atoms with E-state index >= 15 is 0 Å². The van der Waals surface area contributed by atoms with Gasteiger partial charge in [-0.15, -0.1) is 0 Å². The minimum Gasteiger partial charge on any atom is -0.477 e. The fraction of sp³-hybridized carbons (Fsp3) is 0.423. The first-order chi connectivity index (χ1) is 15.6. The van der Waals surface area contributed by atoms with Crippen LogP contribution in [0.3, 0.4) is 0 Å². The number of hydrogen-bond acceptors (Lipinski definition) is 6. The molecule has 166 valence electrons. The molecule has 0 unspecified atom stereocenters. The van der Waals surface area contributed by atoms with Crippen molar-refractivity contribution < 1.29 is 14.2 Å². The number of ether oxygens (including phenoxy) is 3. The molecular weight excluding hydrogens is 402 g/mol. The summed E-state index contributed by atoms with van der Waals surface area (Å²) in [7, 11) is 0. The summed E-state index contributed by atoms with van der Waals surface area (Å²) < 4.78 is 17.9. The minimum atomic E-state index is -0.435. The Morgan fingerprint density at radius 3 is 2.75 bits per heavy atom. The van der Waals surface area contributed by atoms with E-state index in [1.807, 2.05) is 19.2 Å². The summed E-state index contributed by atoms with van der Waals surface area (Å²) in [6.07, 6.45) is 11.2. The highest BCUT2D eigenvalue weighted by molar-refractivity contribution is 5.69. The number of aryl methyl sites for hydroxylation is 1. The van der Waals surface area contributed by atoms with Gasteiger partial charge in [0, 0.05) is 36.6 Å². The van der Waals surface area contributed by atoms with Crippen LogP contribution in [0, 0.1) is 12.8 Å². The Morgan fingerprint density at radius 2 is 2.03 bits per heavy atom. The van der Waals surface area contributed by atoms with Crippen LogP contribution in [-0.2, 0) is 9.47 Å². The van der Waals surface area contributed by atoms with Gasteiger partial charge in [0.05, 0.1) is 31.1 Å². The summed E-state index contributed by atoms with van der Waals surface area (Å²) >= 11 is 0. The fourth-order valence-electron chi connectivity index (χ4n) is 4.62. The summed E-state index contributed by atoms with van der Waals surface area (Å²) in [6.45, 7) is 11.6. The second-order valence-corrected chi connectivity index (χ2v) is 8.71. The van der Waals surface area contributed by atoms with Crippen molar-refractivity contribution in [3.05, 3.63) is 65.9 Å². The standard InChI is InChI=1S/C26H29N3O3/c1-4-18-6-7-24(29-23(18)5-2)21-14-20(21)16-30-25-22(15-27-17(3)28-25)19-8-10-26(11-9-19)31-12-13-32-26/h4-8,15,20-21H,1-2,9-14,16H2,3H3/t20-,21+/m1/s1. The van der Waals surface area contributed by atoms with Crippen LogP contribution in [0.25, 0.3) is 17.7 Å². The normalized spacial score (nSPS) is 23.6. The number of pyridine rings is 1. The van der Waals surface area contributed by atoms with E-state index in [1.54, 1.807) is 6.08 Å². The largest absolute Gasteiger partial charge is 0.477 e. The zero-order valence-electron chi connectivity index (χ0n) is 18.5. The van der Waals surface area contributed by atoms with E-state index in [1.165, 1.54) is 5.57 Å². The topological polar surface area (TPSA) is 66.4 Å². The Labute approximate surface area is 189 Å². The number of allylic oxidation sites excluding steroid dienone is 1. The maximum atomic E-state index is 6.25. The second kappa shape index (κ2) is 8.60. The van der Waals surface area contributed by atoms with Crippen LogP contribution in [0.1, 0.15) is 59.9 Å². The third-order valence-corrected chi connectivity index (χ3v) is 6.60. The molecule has 2 aliphatic carbocycles.